The highest BCUT2D eigenvalue weighted by atomic mass is 79.9. The molecule has 0 heterocycles. The Hall–Kier alpha value is 1.63. The first-order valence-electron chi connectivity index (χ1n) is 0. The quantitative estimate of drug-likeness (QED) is 0.568. The lowest BCUT2D eigenvalue weighted by atomic mass is 10.8. The normalized spacial score (nSPS) is 0. The number of hydrogen-bond acceptors (Lipinski definition) is 0. The average Bonchev–Trinajstić information content (AvgIpc) is 0. The molecule has 0 saturated heterocycles. The summed E-state index contributed by atoms with van der Waals surface area (Å²) < 4.78 is 0. The van der Waals surface area contributed by atoms with Gasteiger partial charge in [0.25, 0.3) is 0 Å². The molecule has 0 spiro atoms. The molecule has 0 rings (SSSR count). The largest absolute Gasteiger partial charge is 0.114 e. The number of halogens is 3. The Labute approximate surface area is 75.9 Å². The lowest BCUT2D eigenvalue weighted by molar-refractivity contribution is 5.75. The third-order valence-electron chi connectivity index (χ3n) is 0. The van der Waals surface area contributed by atoms with Crippen LogP contribution in [-0.2, 0) is 0 Å². The molecular weight excluding hydrogens is 272 g/mol. The molecule has 33 valence electrons. The first-order chi connectivity index (χ1) is 0. The predicted octanol–water partition coefficient (Wildman–Crippen LogP) is 0.591. The molecule has 0 unspecified atom stereocenters. The zero-order valence-corrected chi connectivity index (χ0v) is 8.10. The molecule has 0 saturated carbocycles. The summed E-state index contributed by atoms with van der Waals surface area (Å²) >= 11 is 0. The van der Waals surface area contributed by atoms with Gasteiger partial charge >= 0.3 is 0 Å². The minimum atomic E-state index is 0. The van der Waals surface area contributed by atoms with Gasteiger partial charge in [-0.2, -0.15) is 0 Å². The lowest BCUT2D eigenvalue weighted by Crippen LogP contribution is -0.382. The fourth-order valence-electron chi connectivity index (χ4n) is 0. The van der Waals surface area contributed by atoms with Gasteiger partial charge in [0.15, 0.2) is 0 Å². The lowest BCUT2D eigenvalue weighted by Gasteiger charge is -0.115. The standard InChI is InChI=1S/3B.3BrH/h;;;3*1H. The van der Waals surface area contributed by atoms with E-state index in [1.807, 2.05) is 0 Å². The zero-order valence-electron chi connectivity index (χ0n) is 2.96. The second kappa shape index (κ2) is 78.8. The van der Waals surface area contributed by atoms with Crippen molar-refractivity contribution >= 4 is 76.2 Å². The molecule has 0 atom stereocenters. The van der Waals surface area contributed by atoms with E-state index < -0.39 is 0 Å². The number of hydrogen-bond donors (Lipinski definition) is 0. The molecule has 0 aliphatic rings. The summed E-state index contributed by atoms with van der Waals surface area (Å²) in [5, 5.41) is 0. The minimum absolute atomic E-state index is 0. The van der Waals surface area contributed by atoms with Gasteiger partial charge in [-0.25, -0.2) is 0 Å². The van der Waals surface area contributed by atoms with E-state index in [0.29, 0.717) is 0 Å². The van der Waals surface area contributed by atoms with Gasteiger partial charge < -0.3 is 0 Å². The van der Waals surface area contributed by atoms with Crippen molar-refractivity contribution in [3.05, 3.63) is 0 Å². The van der Waals surface area contributed by atoms with Crippen molar-refractivity contribution in [2.45, 2.75) is 0 Å². The Morgan fingerprint density at radius 1 is 0.333 bits per heavy atom. The van der Waals surface area contributed by atoms with Crippen LogP contribution in [0.3, 0.4) is 0 Å². The maximum absolute atomic E-state index is 0. The highest BCUT2D eigenvalue weighted by molar-refractivity contribution is 8.93. The molecular formula is H3B3Br3. The van der Waals surface area contributed by atoms with Crippen LogP contribution >= 0.6 is 50.9 Å². The van der Waals surface area contributed by atoms with Crippen LogP contribution < -0.4 is 0 Å². The van der Waals surface area contributed by atoms with Gasteiger partial charge in [-0.15, -0.1) is 50.9 Å². The van der Waals surface area contributed by atoms with Crippen LogP contribution in [-0.4, -0.2) is 25.2 Å². The van der Waals surface area contributed by atoms with E-state index in [9.17, 15) is 0 Å². The van der Waals surface area contributed by atoms with Crippen molar-refractivity contribution in [2.75, 3.05) is 0 Å². The molecule has 0 amide bonds. The minimum Gasteiger partial charge on any atom is -0.114 e. The summed E-state index contributed by atoms with van der Waals surface area (Å²) in [5.74, 6) is 0. The van der Waals surface area contributed by atoms with Gasteiger partial charge in [0.1, 0.15) is 0 Å². The van der Waals surface area contributed by atoms with Gasteiger partial charge in [0.05, 0.1) is 0 Å². The smallest absolute Gasteiger partial charge is 0 e. The topological polar surface area (TPSA) is 0 Å². The van der Waals surface area contributed by atoms with Gasteiger partial charge in [0, 0.05) is 25.2 Å². The molecule has 6 heteroatoms. The highest BCUT2D eigenvalue weighted by Crippen LogP contribution is 0.848. The third kappa shape index (κ3) is 45.3. The molecule has 0 aliphatic carbocycles. The van der Waals surface area contributed by atoms with Gasteiger partial charge in [-0.05, 0) is 0 Å². The molecule has 0 fully saturated rings. The fourth-order valence-corrected chi connectivity index (χ4v) is 0. The maximum atomic E-state index is 0. The molecule has 0 aliphatic heterocycles. The molecule has 0 aromatic carbocycles. The molecule has 0 bridgehead atoms. The van der Waals surface area contributed by atoms with E-state index in [4.69, 9.17) is 0 Å². The van der Waals surface area contributed by atoms with Gasteiger partial charge in [-0.3, -0.25) is 0 Å². The van der Waals surface area contributed by atoms with E-state index in [0.717, 1.165) is 0 Å². The second-order valence-corrected chi connectivity index (χ2v) is 0. The van der Waals surface area contributed by atoms with Gasteiger partial charge in [-0.1, -0.05) is 0 Å². The Kier molecular flexibility index (Phi) is 1650. The molecule has 0 N–H and O–H groups in total. The first-order valence-corrected chi connectivity index (χ1v) is 0. The van der Waals surface area contributed by atoms with Crippen molar-refractivity contribution in [2.24, 2.45) is 0 Å². The Morgan fingerprint density at radius 2 is 0.333 bits per heavy atom. The second-order valence-electron chi connectivity index (χ2n) is 0. The SMILES string of the molecule is Br.Br.Br.[B].[B].[B]. The predicted molar refractivity (Wildman–Crippen MR) is 48.2 cm³/mol. The fraction of sp³-hybridized carbons (Fsp3) is 0. The zero-order chi connectivity index (χ0) is 0. The van der Waals surface area contributed by atoms with Crippen molar-refractivity contribution in [1.29, 1.82) is 0 Å². The summed E-state index contributed by atoms with van der Waals surface area (Å²) in [7, 11) is 0. The van der Waals surface area contributed by atoms with Gasteiger partial charge in [0.2, 0.25) is 0 Å². The monoisotopic (exact) mass is 273 g/mol. The first kappa shape index (κ1) is 126. The Bertz CT molecular complexity index is 6.00. The van der Waals surface area contributed by atoms with Crippen LogP contribution in [0.4, 0.5) is 0 Å². The maximum Gasteiger partial charge on any atom is 0 e. The summed E-state index contributed by atoms with van der Waals surface area (Å²) in [4.78, 5) is 0. The molecule has 0 nitrogen and oxygen atoms in total. The summed E-state index contributed by atoms with van der Waals surface area (Å²) in [6.07, 6.45) is 0. The van der Waals surface area contributed by atoms with E-state index >= 15 is 0 Å². The van der Waals surface area contributed by atoms with Crippen LogP contribution in [0.2, 0.25) is 0 Å². The van der Waals surface area contributed by atoms with Crippen LogP contribution in [0.5, 0.6) is 0 Å². The van der Waals surface area contributed by atoms with Crippen molar-refractivity contribution < 1.29 is 0 Å². The average molecular weight is 275 g/mol. The number of rotatable bonds is 0. The van der Waals surface area contributed by atoms with E-state index in [-0.39, 0.29) is 76.2 Å². The van der Waals surface area contributed by atoms with E-state index in [1.54, 1.807) is 0 Å². The Balaban J connectivity index is 0. The van der Waals surface area contributed by atoms with Crippen LogP contribution in [0.1, 0.15) is 0 Å². The molecule has 0 aromatic rings. The van der Waals surface area contributed by atoms with Crippen molar-refractivity contribution in [3.63, 3.8) is 0 Å². The molecule has 0 aromatic heterocycles. The third-order valence-corrected chi connectivity index (χ3v) is 0. The van der Waals surface area contributed by atoms with E-state index in [1.165, 1.54) is 0 Å². The summed E-state index contributed by atoms with van der Waals surface area (Å²) in [6.45, 7) is 0. The Morgan fingerprint density at radius 3 is 0.333 bits per heavy atom. The molecule has 9 radical (unpaired) electrons. The van der Waals surface area contributed by atoms with Crippen LogP contribution in [0.25, 0.3) is 0 Å². The highest BCUT2D eigenvalue weighted by Gasteiger charge is 0.00208. The summed E-state index contributed by atoms with van der Waals surface area (Å²) in [5.41, 5.74) is 0. The van der Waals surface area contributed by atoms with Crippen LogP contribution in [0.15, 0.2) is 0 Å². The van der Waals surface area contributed by atoms with Crippen LogP contribution in [0, 0.1) is 0 Å². The van der Waals surface area contributed by atoms with Crippen molar-refractivity contribution in [3.8, 4) is 0 Å². The summed E-state index contributed by atoms with van der Waals surface area (Å²) in [6, 6.07) is 0. The van der Waals surface area contributed by atoms with E-state index in [2.05, 4.69) is 0 Å². The van der Waals surface area contributed by atoms with Crippen molar-refractivity contribution in [1.82, 2.24) is 0 Å². The molecule has 6 heavy (non-hydrogen) atoms.